The van der Waals surface area contributed by atoms with E-state index in [0.29, 0.717) is 44.1 Å². The number of hydrogen-bond acceptors (Lipinski definition) is 6. The molecule has 0 aliphatic carbocycles. The molecular weight excluding hydrogens is 416 g/mol. The monoisotopic (exact) mass is 442 g/mol. The Morgan fingerprint density at radius 2 is 1.61 bits per heavy atom. The summed E-state index contributed by atoms with van der Waals surface area (Å²) in [6.07, 6.45) is 0. The topological polar surface area (TPSA) is 80.1 Å². The fourth-order valence-corrected chi connectivity index (χ4v) is 5.30. The maximum Gasteiger partial charge on any atom is 0.336 e. The summed E-state index contributed by atoms with van der Waals surface area (Å²) in [5.74, 6) is 0.619. The molecule has 1 aliphatic heterocycles. The first-order valence-corrected chi connectivity index (χ1v) is 11.6. The summed E-state index contributed by atoms with van der Waals surface area (Å²) in [6, 6.07) is 11.9. The Kier molecular flexibility index (Phi) is 5.88. The van der Waals surface area contributed by atoms with Gasteiger partial charge in [-0.25, -0.2) is 13.2 Å². The van der Waals surface area contributed by atoms with Crippen molar-refractivity contribution in [2.24, 2.45) is 0 Å². The molecule has 0 unspecified atom stereocenters. The zero-order valence-electron chi connectivity index (χ0n) is 17.9. The number of methoxy groups -OCH3 is 1. The first-order chi connectivity index (χ1) is 14.8. The van der Waals surface area contributed by atoms with Crippen molar-refractivity contribution in [3.05, 3.63) is 69.6 Å². The van der Waals surface area contributed by atoms with E-state index in [0.717, 1.165) is 22.1 Å². The van der Waals surface area contributed by atoms with Gasteiger partial charge in [-0.2, -0.15) is 4.31 Å². The molecule has 2 aromatic carbocycles. The SMILES string of the molecule is COc1ccc(S(=O)(=O)N2CCN(Cc3cc(=O)oc4cc(C)c(C)cc34)CC2)cc1. The van der Waals surface area contributed by atoms with Gasteiger partial charge >= 0.3 is 5.63 Å². The molecule has 0 saturated carbocycles. The molecule has 1 fully saturated rings. The number of hydrogen-bond donors (Lipinski definition) is 0. The fraction of sp³-hybridized carbons (Fsp3) is 0.348. The zero-order valence-corrected chi connectivity index (χ0v) is 18.7. The predicted molar refractivity (Wildman–Crippen MR) is 119 cm³/mol. The first kappa shape index (κ1) is 21.5. The van der Waals surface area contributed by atoms with E-state index in [1.165, 1.54) is 10.4 Å². The minimum Gasteiger partial charge on any atom is -0.497 e. The molecule has 4 rings (SSSR count). The van der Waals surface area contributed by atoms with Crippen molar-refractivity contribution in [3.63, 3.8) is 0 Å². The van der Waals surface area contributed by atoms with Gasteiger partial charge in [-0.1, -0.05) is 0 Å². The normalized spacial score (nSPS) is 16.0. The van der Waals surface area contributed by atoms with Crippen molar-refractivity contribution >= 4 is 21.0 Å². The van der Waals surface area contributed by atoms with Crippen LogP contribution in [0.25, 0.3) is 11.0 Å². The Balaban J connectivity index is 1.49. The van der Waals surface area contributed by atoms with Gasteiger partial charge < -0.3 is 9.15 Å². The van der Waals surface area contributed by atoms with Crippen LogP contribution in [-0.2, 0) is 16.6 Å². The van der Waals surface area contributed by atoms with Crippen LogP contribution in [0.5, 0.6) is 5.75 Å². The van der Waals surface area contributed by atoms with Gasteiger partial charge in [0.15, 0.2) is 0 Å². The second-order valence-corrected chi connectivity index (χ2v) is 9.82. The minimum absolute atomic E-state index is 0.263. The summed E-state index contributed by atoms with van der Waals surface area (Å²) < 4.78 is 37.9. The molecule has 1 aliphatic rings. The van der Waals surface area contributed by atoms with E-state index < -0.39 is 10.0 Å². The second-order valence-electron chi connectivity index (χ2n) is 7.88. The van der Waals surface area contributed by atoms with Crippen LogP contribution in [-0.4, -0.2) is 50.9 Å². The van der Waals surface area contributed by atoms with Crippen LogP contribution in [0.15, 0.2) is 56.6 Å². The highest BCUT2D eigenvalue weighted by molar-refractivity contribution is 7.89. The summed E-state index contributed by atoms with van der Waals surface area (Å²) in [5.41, 5.74) is 3.33. The maximum absolute atomic E-state index is 13.0. The molecule has 164 valence electrons. The van der Waals surface area contributed by atoms with Gasteiger partial charge in [0.05, 0.1) is 12.0 Å². The third-order valence-corrected chi connectivity index (χ3v) is 7.78. The second kappa shape index (κ2) is 8.45. The summed E-state index contributed by atoms with van der Waals surface area (Å²) in [6.45, 7) is 6.55. The van der Waals surface area contributed by atoms with Crippen molar-refractivity contribution in [2.75, 3.05) is 33.3 Å². The Morgan fingerprint density at radius 1 is 0.968 bits per heavy atom. The van der Waals surface area contributed by atoms with Crippen LogP contribution in [0.3, 0.4) is 0 Å². The largest absolute Gasteiger partial charge is 0.497 e. The number of rotatable bonds is 5. The van der Waals surface area contributed by atoms with E-state index in [-0.39, 0.29) is 10.5 Å². The predicted octanol–water partition coefficient (Wildman–Crippen LogP) is 2.92. The van der Waals surface area contributed by atoms with Crippen molar-refractivity contribution < 1.29 is 17.6 Å². The molecule has 0 N–H and O–H groups in total. The quantitative estimate of drug-likeness (QED) is 0.566. The molecule has 31 heavy (non-hydrogen) atoms. The van der Waals surface area contributed by atoms with E-state index in [4.69, 9.17) is 9.15 Å². The summed E-state index contributed by atoms with van der Waals surface area (Å²) in [4.78, 5) is 14.5. The molecule has 0 radical (unpaired) electrons. The maximum atomic E-state index is 13.0. The van der Waals surface area contributed by atoms with Gasteiger partial charge in [-0.15, -0.1) is 0 Å². The van der Waals surface area contributed by atoms with E-state index in [2.05, 4.69) is 4.90 Å². The highest BCUT2D eigenvalue weighted by atomic mass is 32.2. The van der Waals surface area contributed by atoms with Gasteiger partial charge in [0.25, 0.3) is 0 Å². The van der Waals surface area contributed by atoms with E-state index in [1.54, 1.807) is 31.4 Å². The van der Waals surface area contributed by atoms with Crippen LogP contribution in [0.1, 0.15) is 16.7 Å². The summed E-state index contributed by atoms with van der Waals surface area (Å²) in [7, 11) is -2.00. The molecule has 0 spiro atoms. The summed E-state index contributed by atoms with van der Waals surface area (Å²) in [5, 5.41) is 0.927. The van der Waals surface area contributed by atoms with Gasteiger partial charge in [0.1, 0.15) is 11.3 Å². The minimum atomic E-state index is -3.55. The lowest BCUT2D eigenvalue weighted by Crippen LogP contribution is -2.48. The van der Waals surface area contributed by atoms with Crippen LogP contribution in [0.4, 0.5) is 0 Å². The molecule has 1 aromatic heterocycles. The molecular formula is C23H26N2O5S. The number of benzene rings is 2. The zero-order chi connectivity index (χ0) is 22.2. The van der Waals surface area contributed by atoms with Crippen molar-refractivity contribution in [2.45, 2.75) is 25.3 Å². The lowest BCUT2D eigenvalue weighted by atomic mass is 10.0. The number of aryl methyl sites for hydroxylation is 2. The molecule has 0 atom stereocenters. The molecule has 2 heterocycles. The van der Waals surface area contributed by atoms with Gasteiger partial charge in [-0.05, 0) is 66.9 Å². The molecule has 0 amide bonds. The number of ether oxygens (including phenoxy) is 1. The van der Waals surface area contributed by atoms with Crippen molar-refractivity contribution in [1.82, 2.24) is 9.21 Å². The van der Waals surface area contributed by atoms with Crippen LogP contribution < -0.4 is 10.4 Å². The molecule has 0 bridgehead atoms. The average Bonchev–Trinajstić information content (AvgIpc) is 2.75. The van der Waals surface area contributed by atoms with E-state index in [9.17, 15) is 13.2 Å². The van der Waals surface area contributed by atoms with Crippen LogP contribution in [0.2, 0.25) is 0 Å². The van der Waals surface area contributed by atoms with E-state index in [1.807, 2.05) is 26.0 Å². The molecule has 1 saturated heterocycles. The molecule has 8 heteroatoms. The van der Waals surface area contributed by atoms with Gasteiger partial charge in [-0.3, -0.25) is 4.90 Å². The lowest BCUT2D eigenvalue weighted by molar-refractivity contribution is 0.182. The highest BCUT2D eigenvalue weighted by Crippen LogP contribution is 2.24. The third kappa shape index (κ3) is 4.37. The fourth-order valence-electron chi connectivity index (χ4n) is 3.88. The number of piperazine rings is 1. The first-order valence-electron chi connectivity index (χ1n) is 10.2. The van der Waals surface area contributed by atoms with Crippen molar-refractivity contribution in [1.29, 1.82) is 0 Å². The molecule has 3 aromatic rings. The Morgan fingerprint density at radius 3 is 2.26 bits per heavy atom. The number of nitrogens with zero attached hydrogens (tertiary/aromatic N) is 2. The van der Waals surface area contributed by atoms with Crippen LogP contribution >= 0.6 is 0 Å². The highest BCUT2D eigenvalue weighted by Gasteiger charge is 2.28. The van der Waals surface area contributed by atoms with Gasteiger partial charge in [0.2, 0.25) is 10.0 Å². The average molecular weight is 443 g/mol. The molecule has 7 nitrogen and oxygen atoms in total. The Labute approximate surface area is 181 Å². The van der Waals surface area contributed by atoms with E-state index >= 15 is 0 Å². The lowest BCUT2D eigenvalue weighted by Gasteiger charge is -2.34. The summed E-state index contributed by atoms with van der Waals surface area (Å²) >= 11 is 0. The van der Waals surface area contributed by atoms with Crippen LogP contribution in [0, 0.1) is 13.8 Å². The van der Waals surface area contributed by atoms with Gasteiger partial charge in [0, 0.05) is 44.2 Å². The third-order valence-electron chi connectivity index (χ3n) is 5.87. The Bertz CT molecular complexity index is 1260. The smallest absolute Gasteiger partial charge is 0.336 e. The van der Waals surface area contributed by atoms with Crippen molar-refractivity contribution in [3.8, 4) is 5.75 Å². The number of sulfonamides is 1. The standard InChI is InChI=1S/C23H26N2O5S/c1-16-12-21-18(14-23(26)30-22(21)13-17(16)2)15-24-8-10-25(11-9-24)31(27,28)20-6-4-19(29-3)5-7-20/h4-7,12-14H,8-11,15H2,1-3H3. The number of fused-ring (bicyclic) bond motifs is 1. The Hall–Kier alpha value is -2.68.